The van der Waals surface area contributed by atoms with Crippen molar-refractivity contribution in [3.8, 4) is 34.1 Å². The van der Waals surface area contributed by atoms with E-state index in [0.717, 1.165) is 0 Å². The van der Waals surface area contributed by atoms with Crippen LogP contribution in [0.1, 0.15) is 5.89 Å². The number of benzene rings is 3. The first-order chi connectivity index (χ1) is 16.1. The maximum Gasteiger partial charge on any atom is 0.247 e. The van der Waals surface area contributed by atoms with E-state index in [0.29, 0.717) is 51.6 Å². The summed E-state index contributed by atoms with van der Waals surface area (Å²) >= 11 is 0. The summed E-state index contributed by atoms with van der Waals surface area (Å²) in [6.45, 7) is 0.270. The first-order valence-corrected chi connectivity index (χ1v) is 10.1. The maximum atomic E-state index is 13.1. The molecule has 0 aliphatic rings. The number of nitrogens with zero attached hydrogens (tertiary/aromatic N) is 2. The molecule has 5 aromatic rings. The minimum atomic E-state index is -0.338. The van der Waals surface area contributed by atoms with Crippen LogP contribution < -0.4 is 10.2 Å². The first-order valence-electron chi connectivity index (χ1n) is 10.1. The fraction of sp³-hybridized carbons (Fsp3) is 0.0800. The van der Waals surface area contributed by atoms with Crippen molar-refractivity contribution in [1.82, 2.24) is 10.2 Å². The molecule has 3 aromatic carbocycles. The molecule has 1 N–H and O–H groups in total. The summed E-state index contributed by atoms with van der Waals surface area (Å²) in [6.07, 6.45) is 1.77. The van der Waals surface area contributed by atoms with Crippen molar-refractivity contribution in [2.75, 3.05) is 6.61 Å². The molecular formula is C25H17FN2O5. The molecule has 5 rings (SSSR count). The third kappa shape index (κ3) is 4.31. The normalized spacial score (nSPS) is 11.1. The highest BCUT2D eigenvalue weighted by molar-refractivity contribution is 5.82. The monoisotopic (exact) mass is 444 g/mol. The van der Waals surface area contributed by atoms with E-state index >= 15 is 0 Å². The van der Waals surface area contributed by atoms with Gasteiger partial charge in [-0.25, -0.2) is 4.39 Å². The number of halogens is 1. The molecule has 7 nitrogen and oxygen atoms in total. The second-order valence-corrected chi connectivity index (χ2v) is 7.29. The van der Waals surface area contributed by atoms with Gasteiger partial charge in [0.15, 0.2) is 5.43 Å². The average molecular weight is 444 g/mol. The Bertz CT molecular complexity index is 1470. The van der Waals surface area contributed by atoms with E-state index in [-0.39, 0.29) is 23.6 Å². The second-order valence-electron chi connectivity index (χ2n) is 7.29. The lowest BCUT2D eigenvalue weighted by atomic mass is 10.1. The molecule has 0 bridgehead atoms. The van der Waals surface area contributed by atoms with Gasteiger partial charge in [0.05, 0.1) is 24.0 Å². The standard InChI is InChI=1S/C25H17FN2O5/c26-17-5-1-16(2-6-17)25-28-27-23(33-25)11-12-31-19-9-10-20-22(13-19)32-14-21(24(20)30)15-3-7-18(29)8-4-15/h1-10,13-14,29H,11-12H2. The van der Waals surface area contributed by atoms with Crippen LogP contribution in [0.2, 0.25) is 0 Å². The van der Waals surface area contributed by atoms with Gasteiger partial charge in [0.25, 0.3) is 0 Å². The number of rotatable bonds is 6. The number of hydrogen-bond acceptors (Lipinski definition) is 7. The number of hydrogen-bond donors (Lipinski definition) is 1. The van der Waals surface area contributed by atoms with E-state index < -0.39 is 0 Å². The van der Waals surface area contributed by atoms with Crippen LogP contribution in [0.5, 0.6) is 11.5 Å². The number of ether oxygens (including phenoxy) is 1. The first kappa shape index (κ1) is 20.4. The van der Waals surface area contributed by atoms with Gasteiger partial charge in [-0.2, -0.15) is 0 Å². The van der Waals surface area contributed by atoms with E-state index in [9.17, 15) is 14.3 Å². The van der Waals surface area contributed by atoms with Crippen LogP contribution in [0.25, 0.3) is 33.6 Å². The summed E-state index contributed by atoms with van der Waals surface area (Å²) in [6, 6.07) is 17.1. The number of aromatic nitrogens is 2. The van der Waals surface area contributed by atoms with Crippen molar-refractivity contribution in [3.05, 3.63) is 94.9 Å². The Morgan fingerprint density at radius 2 is 1.70 bits per heavy atom. The molecule has 0 unspecified atom stereocenters. The van der Waals surface area contributed by atoms with Crippen LogP contribution in [0, 0.1) is 5.82 Å². The van der Waals surface area contributed by atoms with Crippen LogP contribution in [-0.2, 0) is 6.42 Å². The van der Waals surface area contributed by atoms with Gasteiger partial charge in [0.1, 0.15) is 29.2 Å². The van der Waals surface area contributed by atoms with Crippen LogP contribution in [-0.4, -0.2) is 21.9 Å². The molecule has 0 radical (unpaired) electrons. The average Bonchev–Trinajstić information content (AvgIpc) is 3.29. The van der Waals surface area contributed by atoms with Gasteiger partial charge >= 0.3 is 0 Å². The predicted molar refractivity (Wildman–Crippen MR) is 118 cm³/mol. The van der Waals surface area contributed by atoms with Crippen LogP contribution in [0.3, 0.4) is 0 Å². The number of phenols is 1. The molecule has 2 aromatic heterocycles. The fourth-order valence-electron chi connectivity index (χ4n) is 3.36. The van der Waals surface area contributed by atoms with Crippen LogP contribution >= 0.6 is 0 Å². The van der Waals surface area contributed by atoms with Crippen molar-refractivity contribution in [1.29, 1.82) is 0 Å². The quantitative estimate of drug-likeness (QED) is 0.394. The van der Waals surface area contributed by atoms with Gasteiger partial charge in [0.2, 0.25) is 11.8 Å². The van der Waals surface area contributed by atoms with Gasteiger partial charge < -0.3 is 18.7 Å². The molecule has 0 saturated heterocycles. The van der Waals surface area contributed by atoms with E-state index in [1.807, 2.05) is 0 Å². The Morgan fingerprint density at radius 3 is 2.48 bits per heavy atom. The summed E-state index contributed by atoms with van der Waals surface area (Å²) in [4.78, 5) is 12.9. The molecule has 0 amide bonds. The Morgan fingerprint density at radius 1 is 0.939 bits per heavy atom. The number of fused-ring (bicyclic) bond motifs is 1. The van der Waals surface area contributed by atoms with E-state index in [1.165, 1.54) is 30.5 Å². The van der Waals surface area contributed by atoms with E-state index in [4.69, 9.17) is 13.6 Å². The third-order valence-electron chi connectivity index (χ3n) is 5.07. The van der Waals surface area contributed by atoms with Crippen molar-refractivity contribution in [3.63, 3.8) is 0 Å². The van der Waals surface area contributed by atoms with Crippen LogP contribution in [0.15, 0.2) is 86.6 Å². The molecule has 33 heavy (non-hydrogen) atoms. The zero-order valence-electron chi connectivity index (χ0n) is 17.2. The molecular weight excluding hydrogens is 427 g/mol. The molecule has 0 aliphatic heterocycles. The Labute approximate surface area is 186 Å². The van der Waals surface area contributed by atoms with E-state index in [1.54, 1.807) is 42.5 Å². The highest BCUT2D eigenvalue weighted by atomic mass is 19.1. The zero-order chi connectivity index (χ0) is 22.8. The Kier molecular flexibility index (Phi) is 5.32. The summed E-state index contributed by atoms with van der Waals surface area (Å²) in [5.41, 5.74) is 1.92. The minimum absolute atomic E-state index is 0.123. The lowest BCUT2D eigenvalue weighted by Gasteiger charge is -2.07. The van der Waals surface area contributed by atoms with Gasteiger partial charge in [-0.1, -0.05) is 12.1 Å². The lowest BCUT2D eigenvalue weighted by Crippen LogP contribution is -2.05. The third-order valence-corrected chi connectivity index (χ3v) is 5.07. The summed E-state index contributed by atoms with van der Waals surface area (Å²) in [7, 11) is 0. The summed E-state index contributed by atoms with van der Waals surface area (Å²) in [5.74, 6) is 1.01. The van der Waals surface area contributed by atoms with Crippen molar-refractivity contribution >= 4 is 11.0 Å². The highest BCUT2D eigenvalue weighted by Gasteiger charge is 2.12. The van der Waals surface area contributed by atoms with Gasteiger partial charge in [-0.05, 0) is 54.1 Å². The molecule has 8 heteroatoms. The van der Waals surface area contributed by atoms with Crippen molar-refractivity contribution < 1.29 is 23.1 Å². The summed E-state index contributed by atoms with van der Waals surface area (Å²) in [5, 5.41) is 17.8. The maximum absolute atomic E-state index is 13.1. The van der Waals surface area contributed by atoms with Gasteiger partial charge in [0, 0.05) is 11.6 Å². The molecule has 0 aliphatic carbocycles. The largest absolute Gasteiger partial charge is 0.508 e. The smallest absolute Gasteiger partial charge is 0.247 e. The summed E-state index contributed by atoms with van der Waals surface area (Å²) < 4.78 is 30.1. The molecule has 0 spiro atoms. The van der Waals surface area contributed by atoms with Gasteiger partial charge in [-0.3, -0.25) is 4.79 Å². The zero-order valence-corrected chi connectivity index (χ0v) is 17.2. The van der Waals surface area contributed by atoms with Gasteiger partial charge in [-0.15, -0.1) is 10.2 Å². The lowest BCUT2D eigenvalue weighted by molar-refractivity contribution is 0.307. The van der Waals surface area contributed by atoms with E-state index in [2.05, 4.69) is 10.2 Å². The number of aromatic hydroxyl groups is 1. The predicted octanol–water partition coefficient (Wildman–Crippen LogP) is 4.98. The second kappa shape index (κ2) is 8.58. The fourth-order valence-corrected chi connectivity index (χ4v) is 3.36. The SMILES string of the molecule is O=c1c(-c2ccc(O)cc2)coc2cc(OCCc3nnc(-c4ccc(F)cc4)o3)ccc12. The van der Waals surface area contributed by atoms with Crippen molar-refractivity contribution in [2.24, 2.45) is 0 Å². The highest BCUT2D eigenvalue weighted by Crippen LogP contribution is 2.24. The molecule has 0 saturated carbocycles. The molecule has 2 heterocycles. The topological polar surface area (TPSA) is 98.6 Å². The Balaban J connectivity index is 1.27. The molecule has 164 valence electrons. The van der Waals surface area contributed by atoms with Crippen molar-refractivity contribution in [2.45, 2.75) is 6.42 Å². The minimum Gasteiger partial charge on any atom is -0.508 e. The molecule has 0 fully saturated rings. The number of phenolic OH excluding ortho intramolecular Hbond substituents is 1. The van der Waals surface area contributed by atoms with Crippen LogP contribution in [0.4, 0.5) is 4.39 Å². The Hall–Kier alpha value is -4.46. The molecule has 0 atom stereocenters.